The number of benzene rings is 2. The molecular formula is C17H21NS. The standard InChI is InChI=1S/C17H21NS/c1-13-7-6-9-15(11-13)19-12-17(18-3)16-10-5-4-8-14(16)2/h4-11,17-18H,12H2,1-3H3. The normalized spacial score (nSPS) is 12.4. The first kappa shape index (κ1) is 14.2. The van der Waals surface area contributed by atoms with E-state index in [2.05, 4.69) is 67.7 Å². The molecule has 2 aromatic rings. The molecule has 1 nitrogen and oxygen atoms in total. The third-order valence-electron chi connectivity index (χ3n) is 3.32. The first-order valence-electron chi connectivity index (χ1n) is 6.63. The van der Waals surface area contributed by atoms with Gasteiger partial charge in [-0.05, 0) is 44.2 Å². The van der Waals surface area contributed by atoms with Crippen LogP contribution < -0.4 is 5.32 Å². The predicted octanol–water partition coefficient (Wildman–Crippen LogP) is 4.36. The van der Waals surface area contributed by atoms with E-state index in [-0.39, 0.29) is 0 Å². The summed E-state index contributed by atoms with van der Waals surface area (Å²) in [6, 6.07) is 17.7. The van der Waals surface area contributed by atoms with E-state index in [1.54, 1.807) is 0 Å². The van der Waals surface area contributed by atoms with Crippen molar-refractivity contribution in [2.24, 2.45) is 0 Å². The highest BCUT2D eigenvalue weighted by Crippen LogP contribution is 2.26. The van der Waals surface area contributed by atoms with Gasteiger partial charge in [0.15, 0.2) is 0 Å². The van der Waals surface area contributed by atoms with E-state index in [0.29, 0.717) is 6.04 Å². The van der Waals surface area contributed by atoms with Gasteiger partial charge in [-0.2, -0.15) is 0 Å². The highest BCUT2D eigenvalue weighted by Gasteiger charge is 2.11. The van der Waals surface area contributed by atoms with Crippen LogP contribution >= 0.6 is 11.8 Å². The molecule has 0 aliphatic carbocycles. The van der Waals surface area contributed by atoms with Crippen LogP contribution in [0, 0.1) is 13.8 Å². The fraction of sp³-hybridized carbons (Fsp3) is 0.294. The molecule has 0 bridgehead atoms. The van der Waals surface area contributed by atoms with Gasteiger partial charge in [-0.3, -0.25) is 0 Å². The van der Waals surface area contributed by atoms with Crippen molar-refractivity contribution in [3.05, 3.63) is 65.2 Å². The first-order chi connectivity index (χ1) is 9.20. The summed E-state index contributed by atoms with van der Waals surface area (Å²) in [5.41, 5.74) is 4.07. The van der Waals surface area contributed by atoms with Crippen LogP contribution in [0.2, 0.25) is 0 Å². The Morgan fingerprint density at radius 1 is 1.05 bits per heavy atom. The Morgan fingerprint density at radius 3 is 2.53 bits per heavy atom. The third kappa shape index (κ3) is 3.85. The second kappa shape index (κ2) is 6.78. The fourth-order valence-corrected chi connectivity index (χ4v) is 3.34. The second-order valence-electron chi connectivity index (χ2n) is 4.83. The minimum absolute atomic E-state index is 0.395. The van der Waals surface area contributed by atoms with Gasteiger partial charge in [-0.15, -0.1) is 11.8 Å². The Labute approximate surface area is 120 Å². The van der Waals surface area contributed by atoms with Crippen molar-refractivity contribution in [2.45, 2.75) is 24.8 Å². The molecule has 0 aromatic heterocycles. The Bertz CT molecular complexity index is 536. The minimum atomic E-state index is 0.395. The van der Waals surface area contributed by atoms with Gasteiger partial charge in [0.2, 0.25) is 0 Å². The maximum absolute atomic E-state index is 3.42. The molecule has 19 heavy (non-hydrogen) atoms. The molecule has 0 amide bonds. The van der Waals surface area contributed by atoms with Crippen molar-refractivity contribution >= 4 is 11.8 Å². The van der Waals surface area contributed by atoms with Gasteiger partial charge in [0.1, 0.15) is 0 Å². The van der Waals surface area contributed by atoms with Crippen molar-refractivity contribution in [2.75, 3.05) is 12.8 Å². The summed E-state index contributed by atoms with van der Waals surface area (Å²) in [5, 5.41) is 3.42. The maximum Gasteiger partial charge on any atom is 0.0415 e. The molecule has 0 aliphatic heterocycles. The summed E-state index contributed by atoms with van der Waals surface area (Å²) >= 11 is 1.91. The van der Waals surface area contributed by atoms with Gasteiger partial charge in [0.25, 0.3) is 0 Å². The number of hydrogen-bond donors (Lipinski definition) is 1. The van der Waals surface area contributed by atoms with Crippen LogP contribution in [0.1, 0.15) is 22.7 Å². The summed E-state index contributed by atoms with van der Waals surface area (Å²) in [5.74, 6) is 1.05. The fourth-order valence-electron chi connectivity index (χ4n) is 2.19. The molecule has 0 spiro atoms. The van der Waals surface area contributed by atoms with Crippen LogP contribution in [-0.2, 0) is 0 Å². The summed E-state index contributed by atoms with van der Waals surface area (Å²) in [7, 11) is 2.04. The number of thioether (sulfide) groups is 1. The molecule has 0 fully saturated rings. The Balaban J connectivity index is 2.06. The van der Waals surface area contributed by atoms with E-state index in [4.69, 9.17) is 0 Å². The lowest BCUT2D eigenvalue weighted by molar-refractivity contribution is 0.658. The molecule has 2 heteroatoms. The molecule has 0 saturated heterocycles. The van der Waals surface area contributed by atoms with E-state index in [1.165, 1.54) is 21.6 Å². The van der Waals surface area contributed by atoms with Gasteiger partial charge >= 0.3 is 0 Å². The van der Waals surface area contributed by atoms with Crippen LogP contribution in [0.5, 0.6) is 0 Å². The topological polar surface area (TPSA) is 12.0 Å². The number of aryl methyl sites for hydroxylation is 2. The summed E-state index contributed by atoms with van der Waals surface area (Å²) < 4.78 is 0. The molecule has 0 radical (unpaired) electrons. The average Bonchev–Trinajstić information content (AvgIpc) is 2.41. The zero-order chi connectivity index (χ0) is 13.7. The lowest BCUT2D eigenvalue weighted by Crippen LogP contribution is -2.19. The zero-order valence-corrected chi connectivity index (χ0v) is 12.6. The Hall–Kier alpha value is -1.25. The van der Waals surface area contributed by atoms with Crippen molar-refractivity contribution < 1.29 is 0 Å². The van der Waals surface area contributed by atoms with E-state index in [9.17, 15) is 0 Å². The predicted molar refractivity (Wildman–Crippen MR) is 84.9 cm³/mol. The first-order valence-corrected chi connectivity index (χ1v) is 7.61. The van der Waals surface area contributed by atoms with Crippen molar-refractivity contribution in [1.29, 1.82) is 0 Å². The van der Waals surface area contributed by atoms with E-state index < -0.39 is 0 Å². The minimum Gasteiger partial charge on any atom is -0.312 e. The molecule has 0 aliphatic rings. The molecule has 2 aromatic carbocycles. The second-order valence-corrected chi connectivity index (χ2v) is 5.92. The molecular weight excluding hydrogens is 250 g/mol. The van der Waals surface area contributed by atoms with Gasteiger partial charge in [-0.25, -0.2) is 0 Å². The lowest BCUT2D eigenvalue weighted by atomic mass is 10.0. The van der Waals surface area contributed by atoms with Gasteiger partial charge in [0.05, 0.1) is 0 Å². The highest BCUT2D eigenvalue weighted by atomic mass is 32.2. The lowest BCUT2D eigenvalue weighted by Gasteiger charge is -2.18. The van der Waals surface area contributed by atoms with E-state index in [0.717, 1.165) is 5.75 Å². The zero-order valence-electron chi connectivity index (χ0n) is 11.8. The third-order valence-corrected chi connectivity index (χ3v) is 4.41. The maximum atomic E-state index is 3.42. The summed E-state index contributed by atoms with van der Waals surface area (Å²) in [4.78, 5) is 1.34. The van der Waals surface area contributed by atoms with Crippen LogP contribution in [0.4, 0.5) is 0 Å². The Morgan fingerprint density at radius 2 is 1.84 bits per heavy atom. The smallest absolute Gasteiger partial charge is 0.0415 e. The van der Waals surface area contributed by atoms with Gasteiger partial charge < -0.3 is 5.32 Å². The molecule has 2 rings (SSSR count). The average molecular weight is 271 g/mol. The van der Waals surface area contributed by atoms with E-state index >= 15 is 0 Å². The number of hydrogen-bond acceptors (Lipinski definition) is 2. The quantitative estimate of drug-likeness (QED) is 0.811. The number of nitrogens with one attached hydrogen (secondary N) is 1. The van der Waals surface area contributed by atoms with Crippen LogP contribution in [0.3, 0.4) is 0 Å². The van der Waals surface area contributed by atoms with Crippen molar-refractivity contribution in [3.8, 4) is 0 Å². The Kier molecular flexibility index (Phi) is 5.06. The van der Waals surface area contributed by atoms with Crippen LogP contribution in [0.25, 0.3) is 0 Å². The summed E-state index contributed by atoms with van der Waals surface area (Å²) in [6.45, 7) is 4.32. The molecule has 1 unspecified atom stereocenters. The molecule has 0 heterocycles. The number of rotatable bonds is 5. The molecule has 1 N–H and O–H groups in total. The highest BCUT2D eigenvalue weighted by molar-refractivity contribution is 7.99. The largest absolute Gasteiger partial charge is 0.312 e. The van der Waals surface area contributed by atoms with Crippen LogP contribution in [0.15, 0.2) is 53.4 Å². The SMILES string of the molecule is CNC(CSc1cccc(C)c1)c1ccccc1C. The van der Waals surface area contributed by atoms with Crippen molar-refractivity contribution in [1.82, 2.24) is 5.32 Å². The van der Waals surface area contributed by atoms with Crippen molar-refractivity contribution in [3.63, 3.8) is 0 Å². The van der Waals surface area contributed by atoms with Gasteiger partial charge in [0, 0.05) is 16.7 Å². The molecule has 100 valence electrons. The summed E-state index contributed by atoms with van der Waals surface area (Å²) in [6.07, 6.45) is 0. The monoisotopic (exact) mass is 271 g/mol. The van der Waals surface area contributed by atoms with Crippen LogP contribution in [-0.4, -0.2) is 12.8 Å². The van der Waals surface area contributed by atoms with E-state index in [1.807, 2.05) is 18.8 Å². The molecule has 0 saturated carbocycles. The van der Waals surface area contributed by atoms with Gasteiger partial charge in [-0.1, -0.05) is 42.0 Å². The molecule has 1 atom stereocenters.